The first kappa shape index (κ1) is 16.3. The van der Waals surface area contributed by atoms with Crippen molar-refractivity contribution in [2.45, 2.75) is 31.3 Å². The number of benzene rings is 2. The number of carbonyl (C=O) groups excluding carboxylic acids is 2. The molecule has 6 nitrogen and oxygen atoms in total. The third kappa shape index (κ3) is 2.94. The molecule has 1 aliphatic heterocycles. The van der Waals surface area contributed by atoms with Crippen molar-refractivity contribution < 1.29 is 14.3 Å². The number of rotatable bonds is 2. The normalized spacial score (nSPS) is 19.8. The number of carbonyl (C=O) groups is 2. The minimum Gasteiger partial charge on any atom is -0.434 e. The molecule has 4 rings (SSSR count). The molecule has 2 fully saturated rings. The smallest absolute Gasteiger partial charge is 0.421 e. The fourth-order valence-electron chi connectivity index (χ4n) is 3.55. The average molecular weight is 349 g/mol. The lowest BCUT2D eigenvalue weighted by Gasteiger charge is -2.22. The molecule has 0 atom stereocenters. The van der Waals surface area contributed by atoms with Crippen LogP contribution < -0.4 is 10.2 Å². The van der Waals surface area contributed by atoms with E-state index in [1.165, 1.54) is 4.90 Å². The first-order valence-corrected chi connectivity index (χ1v) is 8.71. The molecular weight excluding hydrogens is 330 g/mol. The number of nitrogens with zero attached hydrogens (tertiary/aromatic N) is 2. The Morgan fingerprint density at radius 3 is 2.27 bits per heavy atom. The SMILES string of the molecule is O=C(/N=C1\N(c2ccccc2)C(=O)OC12CCCC2)Nc1ccccc1. The molecule has 1 heterocycles. The Morgan fingerprint density at radius 2 is 1.62 bits per heavy atom. The van der Waals surface area contributed by atoms with Crippen molar-refractivity contribution in [3.8, 4) is 0 Å². The molecular formula is C20H19N3O3. The highest BCUT2D eigenvalue weighted by molar-refractivity contribution is 6.25. The molecule has 26 heavy (non-hydrogen) atoms. The van der Waals surface area contributed by atoms with E-state index in [1.807, 2.05) is 36.4 Å². The van der Waals surface area contributed by atoms with Crippen LogP contribution in [0.4, 0.5) is 21.0 Å². The third-order valence-electron chi connectivity index (χ3n) is 4.74. The van der Waals surface area contributed by atoms with Gasteiger partial charge in [0.15, 0.2) is 11.4 Å². The summed E-state index contributed by atoms with van der Waals surface area (Å²) >= 11 is 0. The lowest BCUT2D eigenvalue weighted by Crippen LogP contribution is -2.40. The average Bonchev–Trinajstić information content (AvgIpc) is 3.22. The van der Waals surface area contributed by atoms with E-state index in [4.69, 9.17) is 4.74 Å². The maximum absolute atomic E-state index is 12.6. The second-order valence-electron chi connectivity index (χ2n) is 6.47. The van der Waals surface area contributed by atoms with E-state index < -0.39 is 17.7 Å². The van der Waals surface area contributed by atoms with Gasteiger partial charge in [-0.3, -0.25) is 0 Å². The Labute approximate surface area is 151 Å². The number of amides is 3. The van der Waals surface area contributed by atoms with E-state index in [9.17, 15) is 9.59 Å². The van der Waals surface area contributed by atoms with Gasteiger partial charge < -0.3 is 10.1 Å². The molecule has 0 aromatic heterocycles. The number of urea groups is 1. The number of nitrogens with one attached hydrogen (secondary N) is 1. The van der Waals surface area contributed by atoms with Gasteiger partial charge in [-0.2, -0.15) is 4.99 Å². The molecule has 0 radical (unpaired) electrons. The lowest BCUT2D eigenvalue weighted by atomic mass is 10.0. The van der Waals surface area contributed by atoms with Crippen LogP contribution in [0, 0.1) is 0 Å². The molecule has 132 valence electrons. The fourth-order valence-corrected chi connectivity index (χ4v) is 3.55. The summed E-state index contributed by atoms with van der Waals surface area (Å²) in [5, 5.41) is 2.74. The summed E-state index contributed by atoms with van der Waals surface area (Å²) in [6.45, 7) is 0. The number of aliphatic imine (C=N–C) groups is 1. The number of amidine groups is 1. The Hall–Kier alpha value is -3.15. The summed E-state index contributed by atoms with van der Waals surface area (Å²) in [7, 11) is 0. The van der Waals surface area contributed by atoms with Crippen LogP contribution >= 0.6 is 0 Å². The summed E-state index contributed by atoms with van der Waals surface area (Å²) in [6, 6.07) is 17.7. The number of para-hydroxylation sites is 2. The van der Waals surface area contributed by atoms with Crippen LogP contribution in [0.15, 0.2) is 65.7 Å². The van der Waals surface area contributed by atoms with Gasteiger partial charge in [0.05, 0.1) is 5.69 Å². The maximum atomic E-state index is 12.6. The Kier molecular flexibility index (Phi) is 4.16. The summed E-state index contributed by atoms with van der Waals surface area (Å²) in [5.41, 5.74) is 0.493. The predicted octanol–water partition coefficient (Wildman–Crippen LogP) is 4.59. The Balaban J connectivity index is 1.70. The zero-order valence-corrected chi connectivity index (χ0v) is 14.2. The number of anilines is 2. The van der Waals surface area contributed by atoms with E-state index in [1.54, 1.807) is 24.3 Å². The monoisotopic (exact) mass is 349 g/mol. The van der Waals surface area contributed by atoms with Crippen molar-refractivity contribution in [3.63, 3.8) is 0 Å². The zero-order chi connectivity index (χ0) is 18.0. The van der Waals surface area contributed by atoms with Gasteiger partial charge in [0.1, 0.15) is 0 Å². The number of hydrogen-bond donors (Lipinski definition) is 1. The van der Waals surface area contributed by atoms with Gasteiger partial charge >= 0.3 is 12.1 Å². The molecule has 2 aromatic rings. The maximum Gasteiger partial charge on any atom is 0.421 e. The van der Waals surface area contributed by atoms with Gasteiger partial charge in [-0.25, -0.2) is 14.5 Å². The molecule has 1 aliphatic carbocycles. The van der Waals surface area contributed by atoms with Gasteiger partial charge in [-0.15, -0.1) is 0 Å². The quantitative estimate of drug-likeness (QED) is 0.862. The number of hydrogen-bond acceptors (Lipinski definition) is 3. The summed E-state index contributed by atoms with van der Waals surface area (Å²) in [5.74, 6) is 0.375. The highest BCUT2D eigenvalue weighted by Gasteiger charge is 2.54. The van der Waals surface area contributed by atoms with Gasteiger partial charge in [0.25, 0.3) is 0 Å². The van der Waals surface area contributed by atoms with E-state index in [-0.39, 0.29) is 0 Å². The van der Waals surface area contributed by atoms with E-state index >= 15 is 0 Å². The summed E-state index contributed by atoms with van der Waals surface area (Å²) in [4.78, 5) is 30.8. The van der Waals surface area contributed by atoms with Crippen LogP contribution in [0.5, 0.6) is 0 Å². The molecule has 1 spiro atoms. The van der Waals surface area contributed by atoms with Crippen LogP contribution in [0.1, 0.15) is 25.7 Å². The number of ether oxygens (including phenoxy) is 1. The van der Waals surface area contributed by atoms with Crippen LogP contribution in [0.25, 0.3) is 0 Å². The molecule has 1 saturated heterocycles. The molecule has 1 saturated carbocycles. The zero-order valence-electron chi connectivity index (χ0n) is 14.2. The first-order valence-electron chi connectivity index (χ1n) is 8.71. The van der Waals surface area contributed by atoms with Crippen molar-refractivity contribution in [3.05, 3.63) is 60.7 Å². The first-order chi connectivity index (χ1) is 12.7. The molecule has 2 aliphatic rings. The van der Waals surface area contributed by atoms with Crippen molar-refractivity contribution >= 4 is 29.3 Å². The lowest BCUT2D eigenvalue weighted by molar-refractivity contribution is 0.0906. The van der Waals surface area contributed by atoms with Gasteiger partial charge in [0, 0.05) is 5.69 Å². The topological polar surface area (TPSA) is 71.0 Å². The van der Waals surface area contributed by atoms with E-state index in [2.05, 4.69) is 10.3 Å². The third-order valence-corrected chi connectivity index (χ3v) is 4.74. The van der Waals surface area contributed by atoms with Gasteiger partial charge in [-0.1, -0.05) is 36.4 Å². The molecule has 0 unspecified atom stereocenters. The molecule has 3 amide bonds. The molecule has 2 aromatic carbocycles. The standard InChI is InChI=1S/C20H19N3O3/c24-18(21-15-9-3-1-4-10-15)22-17-20(13-7-8-14-20)26-19(25)23(17)16-11-5-2-6-12-16/h1-6,9-12H,7-8,13-14H2,(H,21,24)/b22-17-. The summed E-state index contributed by atoms with van der Waals surface area (Å²) in [6.07, 6.45) is 2.76. The van der Waals surface area contributed by atoms with Crippen molar-refractivity contribution in [2.24, 2.45) is 4.99 Å². The second kappa shape index (κ2) is 6.63. The second-order valence-corrected chi connectivity index (χ2v) is 6.47. The van der Waals surface area contributed by atoms with Gasteiger partial charge in [-0.05, 0) is 49.9 Å². The minimum absolute atomic E-state index is 0.375. The highest BCUT2D eigenvalue weighted by Crippen LogP contribution is 2.42. The molecule has 1 N–H and O–H groups in total. The van der Waals surface area contributed by atoms with Crippen LogP contribution in [0.3, 0.4) is 0 Å². The minimum atomic E-state index is -0.805. The van der Waals surface area contributed by atoms with Gasteiger partial charge in [0.2, 0.25) is 0 Å². The predicted molar refractivity (Wildman–Crippen MR) is 99.5 cm³/mol. The van der Waals surface area contributed by atoms with E-state index in [0.29, 0.717) is 30.1 Å². The molecule has 6 heteroatoms. The largest absolute Gasteiger partial charge is 0.434 e. The molecule has 0 bridgehead atoms. The summed E-state index contributed by atoms with van der Waals surface area (Å²) < 4.78 is 5.72. The van der Waals surface area contributed by atoms with Crippen LogP contribution in [-0.4, -0.2) is 23.6 Å². The van der Waals surface area contributed by atoms with Crippen molar-refractivity contribution in [1.29, 1.82) is 0 Å². The van der Waals surface area contributed by atoms with E-state index in [0.717, 1.165) is 12.8 Å². The Morgan fingerprint density at radius 1 is 1.00 bits per heavy atom. The van der Waals surface area contributed by atoms with Crippen LogP contribution in [0.2, 0.25) is 0 Å². The van der Waals surface area contributed by atoms with Crippen LogP contribution in [-0.2, 0) is 4.74 Å². The highest BCUT2D eigenvalue weighted by atomic mass is 16.6. The Bertz CT molecular complexity index is 843. The van der Waals surface area contributed by atoms with Crippen molar-refractivity contribution in [1.82, 2.24) is 0 Å². The van der Waals surface area contributed by atoms with Crippen molar-refractivity contribution in [2.75, 3.05) is 10.2 Å². The fraction of sp³-hybridized carbons (Fsp3) is 0.250.